The van der Waals surface area contributed by atoms with Crippen LogP contribution in [0.3, 0.4) is 0 Å². The average molecular weight is 395 g/mol. The normalized spacial score (nSPS) is 16.8. The quantitative estimate of drug-likeness (QED) is 0.677. The molecular formula is C22H26N4OS. The Bertz CT molecular complexity index is 919. The second-order valence-electron chi connectivity index (χ2n) is 7.42. The Hall–Kier alpha value is -2.44. The van der Waals surface area contributed by atoms with Crippen molar-refractivity contribution in [1.29, 1.82) is 0 Å². The number of anilines is 1. The summed E-state index contributed by atoms with van der Waals surface area (Å²) in [6.07, 6.45) is 6.01. The number of aromatic nitrogens is 2. The molecule has 6 heteroatoms. The SMILES string of the molecule is CC(Oc1cc(-c2cnc(C3CCN(C)CC3)s2)cnc1N)c1ccccc1. The van der Waals surface area contributed by atoms with Gasteiger partial charge >= 0.3 is 0 Å². The predicted octanol–water partition coefficient (Wildman–Crippen LogP) is 4.74. The van der Waals surface area contributed by atoms with E-state index in [1.807, 2.05) is 37.4 Å². The zero-order valence-corrected chi connectivity index (χ0v) is 17.2. The molecule has 0 radical (unpaired) electrons. The van der Waals surface area contributed by atoms with Crippen LogP contribution in [0.25, 0.3) is 10.4 Å². The number of ether oxygens (including phenoxy) is 1. The Kier molecular flexibility index (Phi) is 5.59. The van der Waals surface area contributed by atoms with Gasteiger partial charge in [-0.1, -0.05) is 30.3 Å². The lowest BCUT2D eigenvalue weighted by atomic mass is 9.98. The number of rotatable bonds is 5. The van der Waals surface area contributed by atoms with Crippen molar-refractivity contribution in [2.45, 2.75) is 31.8 Å². The lowest BCUT2D eigenvalue weighted by Crippen LogP contribution is -2.29. The van der Waals surface area contributed by atoms with Gasteiger partial charge in [0, 0.05) is 23.9 Å². The number of pyridine rings is 1. The predicted molar refractivity (Wildman–Crippen MR) is 115 cm³/mol. The zero-order chi connectivity index (χ0) is 19.5. The monoisotopic (exact) mass is 394 g/mol. The Morgan fingerprint density at radius 2 is 1.89 bits per heavy atom. The third kappa shape index (κ3) is 4.18. The minimum absolute atomic E-state index is 0.100. The van der Waals surface area contributed by atoms with Gasteiger partial charge in [-0.25, -0.2) is 9.97 Å². The number of hydrogen-bond donors (Lipinski definition) is 1. The summed E-state index contributed by atoms with van der Waals surface area (Å²) in [5, 5.41) is 1.22. The first-order chi connectivity index (χ1) is 13.6. The van der Waals surface area contributed by atoms with Gasteiger partial charge in [-0.15, -0.1) is 11.3 Å². The van der Waals surface area contributed by atoms with Crippen LogP contribution in [0.1, 0.15) is 42.4 Å². The molecule has 2 aromatic heterocycles. The number of nitrogens with zero attached hydrogens (tertiary/aromatic N) is 3. The Morgan fingerprint density at radius 3 is 2.64 bits per heavy atom. The van der Waals surface area contributed by atoms with Crippen molar-refractivity contribution in [3.63, 3.8) is 0 Å². The third-order valence-corrected chi connectivity index (χ3v) is 6.54. The summed E-state index contributed by atoms with van der Waals surface area (Å²) in [6, 6.07) is 12.1. The fraction of sp³-hybridized carbons (Fsp3) is 0.364. The number of benzene rings is 1. The first kappa shape index (κ1) is 18.9. The molecule has 0 spiro atoms. The molecule has 5 nitrogen and oxygen atoms in total. The van der Waals surface area contributed by atoms with Crippen LogP contribution in [0.2, 0.25) is 0 Å². The van der Waals surface area contributed by atoms with Gasteiger partial charge in [0.1, 0.15) is 6.10 Å². The van der Waals surface area contributed by atoms with Crippen molar-refractivity contribution >= 4 is 17.2 Å². The lowest BCUT2D eigenvalue weighted by Gasteiger charge is -2.27. The van der Waals surface area contributed by atoms with Gasteiger partial charge in [0.15, 0.2) is 11.6 Å². The van der Waals surface area contributed by atoms with Crippen LogP contribution >= 0.6 is 11.3 Å². The van der Waals surface area contributed by atoms with Crippen molar-refractivity contribution in [1.82, 2.24) is 14.9 Å². The van der Waals surface area contributed by atoms with Crippen molar-refractivity contribution in [3.05, 3.63) is 59.4 Å². The standard InChI is InChI=1S/C22H26N4OS/c1-15(16-6-4-3-5-7-16)27-19-12-18(13-24-21(19)23)20-14-25-22(28-20)17-8-10-26(2)11-9-17/h3-7,12-15,17H,8-11H2,1-2H3,(H2,23,24). The zero-order valence-electron chi connectivity index (χ0n) is 16.3. The molecule has 28 heavy (non-hydrogen) atoms. The molecule has 4 rings (SSSR count). The summed E-state index contributed by atoms with van der Waals surface area (Å²) in [5.74, 6) is 1.58. The molecule has 0 bridgehead atoms. The topological polar surface area (TPSA) is 64.3 Å². The number of nitrogen functional groups attached to an aromatic ring is 1. The first-order valence-electron chi connectivity index (χ1n) is 9.72. The van der Waals surface area contributed by atoms with E-state index in [-0.39, 0.29) is 6.10 Å². The average Bonchev–Trinajstić information content (AvgIpc) is 3.21. The van der Waals surface area contributed by atoms with Crippen LogP contribution < -0.4 is 10.5 Å². The Morgan fingerprint density at radius 1 is 1.14 bits per heavy atom. The second kappa shape index (κ2) is 8.29. The van der Waals surface area contributed by atoms with Crippen LogP contribution in [0, 0.1) is 0 Å². The van der Waals surface area contributed by atoms with Crippen LogP contribution in [0.4, 0.5) is 5.82 Å². The Labute approximate surface area is 170 Å². The number of piperidine rings is 1. The van der Waals surface area contributed by atoms with Crippen LogP contribution in [0.15, 0.2) is 48.8 Å². The maximum Gasteiger partial charge on any atom is 0.166 e. The highest BCUT2D eigenvalue weighted by Gasteiger charge is 2.21. The van der Waals surface area contributed by atoms with Gasteiger partial charge in [0.2, 0.25) is 0 Å². The van der Waals surface area contributed by atoms with Crippen LogP contribution in [-0.2, 0) is 0 Å². The van der Waals surface area contributed by atoms with E-state index in [0.717, 1.165) is 29.1 Å². The van der Waals surface area contributed by atoms with Crippen molar-refractivity contribution in [3.8, 4) is 16.2 Å². The van der Waals surface area contributed by atoms with E-state index in [1.54, 1.807) is 17.5 Å². The van der Waals surface area contributed by atoms with E-state index in [1.165, 1.54) is 17.8 Å². The van der Waals surface area contributed by atoms with Crippen LogP contribution in [0.5, 0.6) is 5.75 Å². The molecule has 0 amide bonds. The highest BCUT2D eigenvalue weighted by molar-refractivity contribution is 7.15. The summed E-state index contributed by atoms with van der Waals surface area (Å²) >= 11 is 1.76. The molecule has 0 aliphatic carbocycles. The molecule has 1 unspecified atom stereocenters. The van der Waals surface area contributed by atoms with Gasteiger partial charge in [-0.3, -0.25) is 0 Å². The third-order valence-electron chi connectivity index (χ3n) is 5.33. The molecule has 3 aromatic rings. The minimum atomic E-state index is -0.100. The van der Waals surface area contributed by atoms with E-state index < -0.39 is 0 Å². The van der Waals surface area contributed by atoms with Crippen molar-refractivity contribution < 1.29 is 4.74 Å². The highest BCUT2D eigenvalue weighted by Crippen LogP contribution is 2.37. The summed E-state index contributed by atoms with van der Waals surface area (Å²) in [7, 11) is 2.18. The van der Waals surface area contributed by atoms with Gasteiger partial charge in [-0.2, -0.15) is 0 Å². The Balaban J connectivity index is 1.52. The number of nitrogens with two attached hydrogens (primary N) is 1. The van der Waals surface area contributed by atoms with Gasteiger partial charge in [-0.05, 0) is 51.5 Å². The number of hydrogen-bond acceptors (Lipinski definition) is 6. The molecule has 1 saturated heterocycles. The van der Waals surface area contributed by atoms with E-state index in [4.69, 9.17) is 15.5 Å². The van der Waals surface area contributed by atoms with E-state index >= 15 is 0 Å². The van der Waals surface area contributed by atoms with Gasteiger partial charge in [0.05, 0.1) is 9.88 Å². The molecule has 146 valence electrons. The summed E-state index contributed by atoms with van der Waals surface area (Å²) in [5.41, 5.74) is 8.18. The van der Waals surface area contributed by atoms with E-state index in [2.05, 4.69) is 29.1 Å². The van der Waals surface area contributed by atoms with Crippen molar-refractivity contribution in [2.24, 2.45) is 0 Å². The highest BCUT2D eigenvalue weighted by atomic mass is 32.1. The van der Waals surface area contributed by atoms with E-state index in [0.29, 0.717) is 17.5 Å². The number of thiazole rings is 1. The van der Waals surface area contributed by atoms with Gasteiger partial charge in [0.25, 0.3) is 0 Å². The summed E-state index contributed by atoms with van der Waals surface area (Å²) < 4.78 is 6.12. The summed E-state index contributed by atoms with van der Waals surface area (Å²) in [4.78, 5) is 12.6. The molecule has 1 aromatic carbocycles. The smallest absolute Gasteiger partial charge is 0.166 e. The lowest BCUT2D eigenvalue weighted by molar-refractivity contribution is 0.228. The molecule has 2 N–H and O–H groups in total. The largest absolute Gasteiger partial charge is 0.482 e. The fourth-order valence-corrected chi connectivity index (χ4v) is 4.60. The molecule has 1 atom stereocenters. The molecule has 1 fully saturated rings. The van der Waals surface area contributed by atoms with E-state index in [9.17, 15) is 0 Å². The number of likely N-dealkylation sites (tertiary alicyclic amines) is 1. The summed E-state index contributed by atoms with van der Waals surface area (Å²) in [6.45, 7) is 4.29. The molecule has 1 aliphatic rings. The van der Waals surface area contributed by atoms with Gasteiger partial charge < -0.3 is 15.4 Å². The van der Waals surface area contributed by atoms with Crippen molar-refractivity contribution in [2.75, 3.05) is 25.9 Å². The second-order valence-corrected chi connectivity index (χ2v) is 8.48. The molecular weight excluding hydrogens is 368 g/mol. The first-order valence-corrected chi connectivity index (χ1v) is 10.5. The molecule has 3 heterocycles. The maximum absolute atomic E-state index is 6.12. The minimum Gasteiger partial charge on any atom is -0.482 e. The molecule has 1 aliphatic heterocycles. The fourth-order valence-electron chi connectivity index (χ4n) is 3.53. The maximum atomic E-state index is 6.12. The van der Waals surface area contributed by atoms with Crippen LogP contribution in [-0.4, -0.2) is 35.0 Å². The molecule has 0 saturated carbocycles.